The third-order valence-electron chi connectivity index (χ3n) is 4.14. The minimum absolute atomic E-state index is 0.480. The molecule has 0 aromatic carbocycles. The Kier molecular flexibility index (Phi) is 5.89. The van der Waals surface area contributed by atoms with Gasteiger partial charge in [-0.25, -0.2) is 0 Å². The first-order valence-corrected chi connectivity index (χ1v) is 7.52. The third-order valence-corrected chi connectivity index (χ3v) is 4.14. The zero-order chi connectivity index (χ0) is 12.8. The third kappa shape index (κ3) is 3.67. The monoisotopic (exact) mass is 256 g/mol. The van der Waals surface area contributed by atoms with Crippen LogP contribution >= 0.6 is 0 Å². The second-order valence-electron chi connectivity index (χ2n) is 5.29. The lowest BCUT2D eigenvalue weighted by atomic mass is 9.98. The van der Waals surface area contributed by atoms with Crippen LogP contribution in [0.2, 0.25) is 0 Å². The van der Waals surface area contributed by atoms with Crippen molar-refractivity contribution in [1.29, 1.82) is 0 Å². The highest BCUT2D eigenvalue weighted by Crippen LogP contribution is 2.21. The van der Waals surface area contributed by atoms with E-state index in [9.17, 15) is 0 Å². The van der Waals surface area contributed by atoms with Gasteiger partial charge in [0, 0.05) is 38.4 Å². The fourth-order valence-corrected chi connectivity index (χ4v) is 3.19. The van der Waals surface area contributed by atoms with Crippen molar-refractivity contribution < 1.29 is 9.47 Å². The molecule has 0 aromatic rings. The molecule has 106 valence electrons. The Labute approximate surface area is 111 Å². The van der Waals surface area contributed by atoms with Gasteiger partial charge < -0.3 is 14.8 Å². The molecule has 0 spiro atoms. The molecular weight excluding hydrogens is 228 g/mol. The lowest BCUT2D eigenvalue weighted by molar-refractivity contribution is -0.0397. The lowest BCUT2D eigenvalue weighted by Crippen LogP contribution is -2.57. The van der Waals surface area contributed by atoms with E-state index >= 15 is 0 Å². The van der Waals surface area contributed by atoms with E-state index < -0.39 is 0 Å². The lowest BCUT2D eigenvalue weighted by Gasteiger charge is -2.43. The smallest absolute Gasteiger partial charge is 0.0637 e. The number of likely N-dealkylation sites (N-methyl/N-ethyl adjacent to an activating group) is 1. The summed E-state index contributed by atoms with van der Waals surface area (Å²) in [6.45, 7) is 10.3. The van der Waals surface area contributed by atoms with Crippen LogP contribution in [0, 0.1) is 0 Å². The Morgan fingerprint density at radius 3 is 2.67 bits per heavy atom. The zero-order valence-electron chi connectivity index (χ0n) is 11.9. The van der Waals surface area contributed by atoms with Gasteiger partial charge in [0.15, 0.2) is 0 Å². The predicted octanol–water partition coefficient (Wildman–Crippen LogP) is 1.25. The summed E-state index contributed by atoms with van der Waals surface area (Å²) in [4.78, 5) is 2.60. The van der Waals surface area contributed by atoms with E-state index in [1.165, 1.54) is 12.8 Å². The average molecular weight is 256 g/mol. The van der Waals surface area contributed by atoms with Crippen molar-refractivity contribution >= 4 is 0 Å². The van der Waals surface area contributed by atoms with Gasteiger partial charge in [-0.3, -0.25) is 4.90 Å². The van der Waals surface area contributed by atoms with Crippen molar-refractivity contribution in [3.05, 3.63) is 0 Å². The van der Waals surface area contributed by atoms with Crippen LogP contribution in [0.4, 0.5) is 0 Å². The van der Waals surface area contributed by atoms with E-state index in [0.717, 1.165) is 45.9 Å². The molecule has 0 aliphatic carbocycles. The summed E-state index contributed by atoms with van der Waals surface area (Å²) >= 11 is 0. The Hall–Kier alpha value is -0.160. The minimum atomic E-state index is 0.480. The molecule has 0 aromatic heterocycles. The summed E-state index contributed by atoms with van der Waals surface area (Å²) in [5.74, 6) is 0. The number of hydrogen-bond acceptors (Lipinski definition) is 4. The van der Waals surface area contributed by atoms with Crippen molar-refractivity contribution in [2.24, 2.45) is 0 Å². The highest BCUT2D eigenvalue weighted by Gasteiger charge is 2.32. The fraction of sp³-hybridized carbons (Fsp3) is 1.00. The van der Waals surface area contributed by atoms with Crippen LogP contribution in [-0.2, 0) is 9.47 Å². The standard InChI is InChI=1S/C14H28N2O2/c1-3-15-13-7-10-17-11-14(13)16-8-5-12(6-9-16)18-4-2/h12-15H,3-11H2,1-2H3. The Balaban J connectivity index is 1.82. The summed E-state index contributed by atoms with van der Waals surface area (Å²) in [7, 11) is 0. The molecule has 2 atom stereocenters. The van der Waals surface area contributed by atoms with E-state index in [0.29, 0.717) is 18.2 Å². The zero-order valence-corrected chi connectivity index (χ0v) is 11.9. The van der Waals surface area contributed by atoms with E-state index in [1.54, 1.807) is 0 Å². The molecule has 2 saturated heterocycles. The van der Waals surface area contributed by atoms with E-state index in [4.69, 9.17) is 9.47 Å². The first-order valence-electron chi connectivity index (χ1n) is 7.52. The van der Waals surface area contributed by atoms with Crippen molar-refractivity contribution in [3.8, 4) is 0 Å². The molecule has 2 unspecified atom stereocenters. The van der Waals surface area contributed by atoms with E-state index in [1.807, 2.05) is 0 Å². The Morgan fingerprint density at radius 1 is 1.22 bits per heavy atom. The van der Waals surface area contributed by atoms with Crippen LogP contribution in [-0.4, -0.2) is 62.5 Å². The van der Waals surface area contributed by atoms with Gasteiger partial charge in [0.1, 0.15) is 0 Å². The minimum Gasteiger partial charge on any atom is -0.380 e. The van der Waals surface area contributed by atoms with Gasteiger partial charge >= 0.3 is 0 Å². The van der Waals surface area contributed by atoms with Crippen molar-refractivity contribution in [2.45, 2.75) is 51.3 Å². The van der Waals surface area contributed by atoms with Gasteiger partial charge in [-0.1, -0.05) is 6.92 Å². The topological polar surface area (TPSA) is 33.7 Å². The first-order chi connectivity index (χ1) is 8.85. The number of hydrogen-bond donors (Lipinski definition) is 1. The van der Waals surface area contributed by atoms with Crippen LogP contribution < -0.4 is 5.32 Å². The average Bonchev–Trinajstić information content (AvgIpc) is 2.41. The number of nitrogens with one attached hydrogen (secondary N) is 1. The van der Waals surface area contributed by atoms with Gasteiger partial charge in [-0.15, -0.1) is 0 Å². The number of nitrogens with zero attached hydrogens (tertiary/aromatic N) is 1. The SMILES string of the molecule is CCNC1CCOCC1N1CCC(OCC)CC1. The number of likely N-dealkylation sites (tertiary alicyclic amines) is 1. The molecule has 0 saturated carbocycles. The molecule has 18 heavy (non-hydrogen) atoms. The molecule has 4 heteroatoms. The van der Waals surface area contributed by atoms with Crippen molar-refractivity contribution in [3.63, 3.8) is 0 Å². The molecule has 4 nitrogen and oxygen atoms in total. The molecule has 0 bridgehead atoms. The van der Waals surface area contributed by atoms with Crippen LogP contribution in [0.25, 0.3) is 0 Å². The van der Waals surface area contributed by atoms with Gasteiger partial charge in [0.05, 0.1) is 12.7 Å². The second-order valence-corrected chi connectivity index (χ2v) is 5.29. The van der Waals surface area contributed by atoms with Crippen molar-refractivity contribution in [1.82, 2.24) is 10.2 Å². The molecular formula is C14H28N2O2. The largest absolute Gasteiger partial charge is 0.380 e. The molecule has 2 heterocycles. The highest BCUT2D eigenvalue weighted by molar-refractivity contribution is 4.89. The molecule has 0 amide bonds. The summed E-state index contributed by atoms with van der Waals surface area (Å²) in [6.07, 6.45) is 3.96. The highest BCUT2D eigenvalue weighted by atomic mass is 16.5. The number of ether oxygens (including phenoxy) is 2. The molecule has 2 fully saturated rings. The van der Waals surface area contributed by atoms with Crippen LogP contribution in [0.15, 0.2) is 0 Å². The van der Waals surface area contributed by atoms with Gasteiger partial charge in [-0.05, 0) is 32.7 Å². The number of rotatable bonds is 5. The fourth-order valence-electron chi connectivity index (χ4n) is 3.19. The summed E-state index contributed by atoms with van der Waals surface area (Å²) in [6, 6.07) is 1.16. The quantitative estimate of drug-likeness (QED) is 0.803. The van der Waals surface area contributed by atoms with Gasteiger partial charge in [-0.2, -0.15) is 0 Å². The van der Waals surface area contributed by atoms with Crippen LogP contribution in [0.3, 0.4) is 0 Å². The summed E-state index contributed by atoms with van der Waals surface area (Å²) in [5, 5.41) is 3.62. The first kappa shape index (κ1) is 14.3. The van der Waals surface area contributed by atoms with Crippen molar-refractivity contribution in [2.75, 3.05) is 39.5 Å². The maximum absolute atomic E-state index is 5.72. The second kappa shape index (κ2) is 7.43. The molecule has 1 N–H and O–H groups in total. The summed E-state index contributed by atoms with van der Waals surface area (Å²) in [5.41, 5.74) is 0. The van der Waals surface area contributed by atoms with Gasteiger partial charge in [0.2, 0.25) is 0 Å². The van der Waals surface area contributed by atoms with E-state index in [-0.39, 0.29) is 0 Å². The maximum Gasteiger partial charge on any atom is 0.0637 e. The molecule has 2 aliphatic rings. The predicted molar refractivity (Wildman–Crippen MR) is 72.9 cm³/mol. The Morgan fingerprint density at radius 2 is 2.00 bits per heavy atom. The molecule has 2 rings (SSSR count). The molecule has 2 aliphatic heterocycles. The van der Waals surface area contributed by atoms with Gasteiger partial charge in [0.25, 0.3) is 0 Å². The summed E-state index contributed by atoms with van der Waals surface area (Å²) < 4.78 is 11.4. The molecule has 0 radical (unpaired) electrons. The van der Waals surface area contributed by atoms with Crippen LogP contribution in [0.5, 0.6) is 0 Å². The van der Waals surface area contributed by atoms with Crippen LogP contribution in [0.1, 0.15) is 33.1 Å². The van der Waals surface area contributed by atoms with E-state index in [2.05, 4.69) is 24.1 Å². The normalized spacial score (nSPS) is 31.7. The number of piperidine rings is 1. The maximum atomic E-state index is 5.72. The Bertz CT molecular complexity index is 228.